The third kappa shape index (κ3) is 3.09. The van der Waals surface area contributed by atoms with Crippen molar-refractivity contribution in [3.8, 4) is 0 Å². The molecule has 0 amide bonds. The van der Waals surface area contributed by atoms with Gasteiger partial charge in [0.15, 0.2) is 0 Å². The smallest absolute Gasteiger partial charge is 0.0670 e. The third-order valence-electron chi connectivity index (χ3n) is 5.24. The van der Waals surface area contributed by atoms with Crippen LogP contribution in [-0.4, -0.2) is 10.9 Å². The Labute approximate surface area is 144 Å². The van der Waals surface area contributed by atoms with Crippen LogP contribution < -0.4 is 5.32 Å². The van der Waals surface area contributed by atoms with Crippen LogP contribution in [0.1, 0.15) is 49.9 Å². The standard InChI is InChI=1S/C21H26N2O/c1-3-17-19(15-11-7-5-8-12-15)22-20(16-13-9-6-10-14-16)18(4-2)21(17)23-24/h5-14,17-20,22,24H,3-4H2,1-2H3/t17-,18+,19-,20-/m0/s1. The molecular formula is C21H26N2O. The fraction of sp³-hybridized carbons (Fsp3) is 0.381. The Bertz CT molecular complexity index is 613. The topological polar surface area (TPSA) is 44.6 Å². The molecule has 126 valence electrons. The fourth-order valence-electron chi connectivity index (χ4n) is 4.06. The molecule has 1 aliphatic heterocycles. The molecule has 4 atom stereocenters. The molecule has 0 unspecified atom stereocenters. The second-order valence-electron chi connectivity index (χ2n) is 6.50. The van der Waals surface area contributed by atoms with Gasteiger partial charge in [-0.05, 0) is 24.0 Å². The highest BCUT2D eigenvalue weighted by atomic mass is 16.4. The van der Waals surface area contributed by atoms with Crippen LogP contribution in [-0.2, 0) is 0 Å². The molecule has 1 heterocycles. The largest absolute Gasteiger partial charge is 0.411 e. The summed E-state index contributed by atoms with van der Waals surface area (Å²) in [5.41, 5.74) is 3.43. The van der Waals surface area contributed by atoms with E-state index in [-0.39, 0.29) is 23.9 Å². The van der Waals surface area contributed by atoms with E-state index in [1.807, 2.05) is 12.1 Å². The lowest BCUT2D eigenvalue weighted by Crippen LogP contribution is -2.48. The number of oxime groups is 1. The number of hydrogen-bond donors (Lipinski definition) is 2. The molecule has 0 radical (unpaired) electrons. The summed E-state index contributed by atoms with van der Waals surface area (Å²) < 4.78 is 0. The summed E-state index contributed by atoms with van der Waals surface area (Å²) in [5, 5.41) is 17.4. The van der Waals surface area contributed by atoms with Crippen molar-refractivity contribution < 1.29 is 5.21 Å². The molecule has 0 bridgehead atoms. The van der Waals surface area contributed by atoms with Crippen LogP contribution in [0.2, 0.25) is 0 Å². The Balaban J connectivity index is 2.04. The van der Waals surface area contributed by atoms with Crippen LogP contribution in [0.25, 0.3) is 0 Å². The van der Waals surface area contributed by atoms with Gasteiger partial charge >= 0.3 is 0 Å². The van der Waals surface area contributed by atoms with Gasteiger partial charge in [-0.25, -0.2) is 0 Å². The molecule has 2 aromatic rings. The summed E-state index contributed by atoms with van der Waals surface area (Å²) in [5.74, 6) is 0.421. The normalized spacial score (nSPS) is 28.8. The first-order valence-corrected chi connectivity index (χ1v) is 8.87. The van der Waals surface area contributed by atoms with Gasteiger partial charge in [0.05, 0.1) is 5.71 Å². The van der Waals surface area contributed by atoms with Crippen molar-refractivity contribution >= 4 is 5.71 Å². The van der Waals surface area contributed by atoms with Crippen LogP contribution in [0.3, 0.4) is 0 Å². The predicted octanol–water partition coefficient (Wildman–Crippen LogP) is 4.95. The van der Waals surface area contributed by atoms with Gasteiger partial charge in [0.2, 0.25) is 0 Å². The highest BCUT2D eigenvalue weighted by Gasteiger charge is 2.41. The van der Waals surface area contributed by atoms with Gasteiger partial charge < -0.3 is 10.5 Å². The van der Waals surface area contributed by atoms with Crippen LogP contribution in [0.5, 0.6) is 0 Å². The minimum absolute atomic E-state index is 0.162. The fourth-order valence-corrected chi connectivity index (χ4v) is 4.06. The highest BCUT2D eigenvalue weighted by molar-refractivity contribution is 5.91. The minimum Gasteiger partial charge on any atom is -0.411 e. The molecule has 24 heavy (non-hydrogen) atoms. The summed E-state index contributed by atoms with van der Waals surface area (Å²) in [7, 11) is 0. The molecule has 2 N–H and O–H groups in total. The van der Waals surface area contributed by atoms with Crippen molar-refractivity contribution in [2.45, 2.75) is 38.8 Å². The van der Waals surface area contributed by atoms with Gasteiger partial charge in [-0.2, -0.15) is 0 Å². The van der Waals surface area contributed by atoms with Crippen molar-refractivity contribution in [3.63, 3.8) is 0 Å². The van der Waals surface area contributed by atoms with Gasteiger partial charge in [-0.15, -0.1) is 0 Å². The van der Waals surface area contributed by atoms with E-state index in [4.69, 9.17) is 0 Å². The molecule has 3 rings (SSSR count). The average molecular weight is 322 g/mol. The van der Waals surface area contributed by atoms with Crippen LogP contribution in [0, 0.1) is 11.8 Å². The van der Waals surface area contributed by atoms with Crippen molar-refractivity contribution in [3.05, 3.63) is 71.8 Å². The van der Waals surface area contributed by atoms with E-state index in [1.54, 1.807) is 0 Å². The molecule has 0 saturated carbocycles. The van der Waals surface area contributed by atoms with E-state index >= 15 is 0 Å². The van der Waals surface area contributed by atoms with E-state index in [0.717, 1.165) is 18.6 Å². The second-order valence-corrected chi connectivity index (χ2v) is 6.50. The zero-order chi connectivity index (χ0) is 16.9. The number of piperidine rings is 1. The molecule has 1 fully saturated rings. The minimum atomic E-state index is 0.162. The van der Waals surface area contributed by atoms with Crippen molar-refractivity contribution in [2.24, 2.45) is 17.0 Å². The maximum atomic E-state index is 9.78. The summed E-state index contributed by atoms with van der Waals surface area (Å²) in [6, 6.07) is 21.3. The lowest BCUT2D eigenvalue weighted by atomic mass is 9.72. The van der Waals surface area contributed by atoms with Crippen molar-refractivity contribution in [1.29, 1.82) is 0 Å². The first kappa shape index (κ1) is 16.7. The molecule has 3 heteroatoms. The van der Waals surface area contributed by atoms with Gasteiger partial charge in [0.1, 0.15) is 0 Å². The molecule has 1 saturated heterocycles. The second kappa shape index (κ2) is 7.63. The van der Waals surface area contributed by atoms with E-state index in [2.05, 4.69) is 72.9 Å². The van der Waals surface area contributed by atoms with Crippen LogP contribution >= 0.6 is 0 Å². The molecule has 3 nitrogen and oxygen atoms in total. The third-order valence-corrected chi connectivity index (χ3v) is 5.24. The zero-order valence-corrected chi connectivity index (χ0v) is 14.4. The van der Waals surface area contributed by atoms with Crippen LogP contribution in [0.4, 0.5) is 0 Å². The lowest BCUT2D eigenvalue weighted by molar-refractivity contribution is 0.252. The Morgan fingerprint density at radius 3 is 1.54 bits per heavy atom. The Kier molecular flexibility index (Phi) is 5.31. The molecule has 0 aliphatic carbocycles. The van der Waals surface area contributed by atoms with Crippen LogP contribution in [0.15, 0.2) is 65.8 Å². The van der Waals surface area contributed by atoms with E-state index in [9.17, 15) is 5.21 Å². The predicted molar refractivity (Wildman–Crippen MR) is 98.3 cm³/mol. The van der Waals surface area contributed by atoms with Gasteiger partial charge in [-0.1, -0.05) is 79.7 Å². The number of hydrogen-bond acceptors (Lipinski definition) is 3. The quantitative estimate of drug-likeness (QED) is 0.617. The first-order valence-electron chi connectivity index (χ1n) is 8.87. The maximum absolute atomic E-state index is 9.78. The molecule has 0 aromatic heterocycles. The number of nitrogens with one attached hydrogen (secondary N) is 1. The Hall–Kier alpha value is -2.13. The SMILES string of the molecule is CC[C@@H]1C(=NO)[C@H](CC)[C@H](c2ccccc2)N[C@H]1c1ccccc1. The average Bonchev–Trinajstić information content (AvgIpc) is 2.67. The number of nitrogens with zero attached hydrogens (tertiary/aromatic N) is 1. The Morgan fingerprint density at radius 2 is 1.21 bits per heavy atom. The summed E-state index contributed by atoms with van der Waals surface area (Å²) in [6.07, 6.45) is 1.90. The summed E-state index contributed by atoms with van der Waals surface area (Å²) in [6.45, 7) is 4.34. The molecular weight excluding hydrogens is 296 g/mol. The molecule has 0 spiro atoms. The van der Waals surface area contributed by atoms with Gasteiger partial charge in [-0.3, -0.25) is 0 Å². The van der Waals surface area contributed by atoms with E-state index in [1.165, 1.54) is 11.1 Å². The van der Waals surface area contributed by atoms with Gasteiger partial charge in [0.25, 0.3) is 0 Å². The van der Waals surface area contributed by atoms with Crippen molar-refractivity contribution in [1.82, 2.24) is 5.32 Å². The summed E-state index contributed by atoms with van der Waals surface area (Å²) in [4.78, 5) is 0. The monoisotopic (exact) mass is 322 g/mol. The highest BCUT2D eigenvalue weighted by Crippen LogP contribution is 2.41. The summed E-state index contributed by atoms with van der Waals surface area (Å²) >= 11 is 0. The molecule has 2 aromatic carbocycles. The maximum Gasteiger partial charge on any atom is 0.0670 e. The molecule has 1 aliphatic rings. The Morgan fingerprint density at radius 1 is 0.792 bits per heavy atom. The van der Waals surface area contributed by atoms with E-state index < -0.39 is 0 Å². The van der Waals surface area contributed by atoms with Gasteiger partial charge in [0, 0.05) is 23.9 Å². The van der Waals surface area contributed by atoms with E-state index in [0.29, 0.717) is 0 Å². The zero-order valence-electron chi connectivity index (χ0n) is 14.4. The lowest BCUT2D eigenvalue weighted by Gasteiger charge is -2.43. The number of rotatable bonds is 4. The first-order chi connectivity index (χ1) is 11.8. The van der Waals surface area contributed by atoms with Crippen molar-refractivity contribution in [2.75, 3.05) is 0 Å². The number of benzene rings is 2.